The van der Waals surface area contributed by atoms with Crippen LogP contribution in [0.3, 0.4) is 0 Å². The van der Waals surface area contributed by atoms with E-state index in [1.165, 1.54) is 23.9 Å². The second-order valence-corrected chi connectivity index (χ2v) is 8.61. The molecule has 0 aliphatic heterocycles. The number of benzene rings is 3. The van der Waals surface area contributed by atoms with Crippen LogP contribution in [0.5, 0.6) is 0 Å². The van der Waals surface area contributed by atoms with E-state index < -0.39 is 11.7 Å². The summed E-state index contributed by atoms with van der Waals surface area (Å²) in [4.78, 5) is 22.1. The van der Waals surface area contributed by atoms with Crippen LogP contribution in [0, 0.1) is 0 Å². The summed E-state index contributed by atoms with van der Waals surface area (Å²) in [6.45, 7) is 0.332. The number of hydrogen-bond donors (Lipinski definition) is 0. The Kier molecular flexibility index (Phi) is 6.12. The molecule has 10 heteroatoms. The van der Waals surface area contributed by atoms with Gasteiger partial charge in [-0.05, 0) is 29.8 Å². The van der Waals surface area contributed by atoms with E-state index in [1.54, 1.807) is 22.8 Å². The zero-order valence-electron chi connectivity index (χ0n) is 18.1. The monoisotopic (exact) mass is 494 g/mol. The molecule has 0 spiro atoms. The van der Waals surface area contributed by atoms with Crippen molar-refractivity contribution >= 4 is 22.7 Å². The van der Waals surface area contributed by atoms with Gasteiger partial charge in [0.1, 0.15) is 0 Å². The molecule has 0 aliphatic rings. The van der Waals surface area contributed by atoms with E-state index >= 15 is 0 Å². The summed E-state index contributed by atoms with van der Waals surface area (Å²) in [5.41, 5.74) is 0.750. The maximum atomic E-state index is 13.2. The molecule has 0 N–H and O–H groups in total. The van der Waals surface area contributed by atoms with E-state index in [0.717, 1.165) is 17.7 Å². The number of thioether (sulfide) groups is 1. The van der Waals surface area contributed by atoms with Crippen molar-refractivity contribution in [2.75, 3.05) is 0 Å². The molecule has 2 heterocycles. The first-order chi connectivity index (χ1) is 16.9. The fraction of sp³-hybridized carbons (Fsp3) is 0.120. The molecule has 5 rings (SSSR count). The van der Waals surface area contributed by atoms with Gasteiger partial charge >= 0.3 is 6.18 Å². The summed E-state index contributed by atoms with van der Waals surface area (Å²) in [6, 6.07) is 21.4. The predicted octanol–water partition coefficient (Wildman–Crippen LogP) is 5.81. The van der Waals surface area contributed by atoms with Gasteiger partial charge in [-0.25, -0.2) is 4.98 Å². The highest BCUT2D eigenvalue weighted by Crippen LogP contribution is 2.32. The Morgan fingerprint density at radius 3 is 2.49 bits per heavy atom. The molecule has 0 unspecified atom stereocenters. The maximum absolute atomic E-state index is 13.2. The van der Waals surface area contributed by atoms with Crippen LogP contribution >= 0.6 is 11.8 Å². The van der Waals surface area contributed by atoms with Gasteiger partial charge in [0.25, 0.3) is 5.56 Å². The van der Waals surface area contributed by atoms with Gasteiger partial charge in [0, 0.05) is 5.56 Å². The van der Waals surface area contributed by atoms with Crippen LogP contribution in [0.25, 0.3) is 22.3 Å². The Morgan fingerprint density at radius 2 is 1.69 bits per heavy atom. The van der Waals surface area contributed by atoms with Crippen LogP contribution in [0.4, 0.5) is 13.2 Å². The summed E-state index contributed by atoms with van der Waals surface area (Å²) in [5, 5.41) is 4.80. The molecule has 3 aromatic carbocycles. The van der Waals surface area contributed by atoms with Crippen molar-refractivity contribution in [1.82, 2.24) is 19.7 Å². The Morgan fingerprint density at radius 1 is 0.914 bits per heavy atom. The Hall–Kier alpha value is -3.92. The van der Waals surface area contributed by atoms with Gasteiger partial charge in [-0.2, -0.15) is 18.2 Å². The summed E-state index contributed by atoms with van der Waals surface area (Å²) in [5.74, 6) is 0.446. The Labute approximate surface area is 201 Å². The van der Waals surface area contributed by atoms with Gasteiger partial charge in [0.2, 0.25) is 11.7 Å². The number of alkyl halides is 3. The first-order valence-corrected chi connectivity index (χ1v) is 11.5. The molecule has 0 bridgehead atoms. The fourth-order valence-corrected chi connectivity index (χ4v) is 4.39. The molecule has 176 valence electrons. The molecular weight excluding hydrogens is 477 g/mol. The highest BCUT2D eigenvalue weighted by atomic mass is 32.2. The van der Waals surface area contributed by atoms with Crippen LogP contribution in [0.15, 0.2) is 93.3 Å². The molecule has 35 heavy (non-hydrogen) atoms. The van der Waals surface area contributed by atoms with Crippen LogP contribution in [0.2, 0.25) is 0 Å². The zero-order valence-corrected chi connectivity index (χ0v) is 18.9. The van der Waals surface area contributed by atoms with E-state index in [1.807, 2.05) is 36.4 Å². The molecule has 2 aromatic heterocycles. The molecule has 6 nitrogen and oxygen atoms in total. The van der Waals surface area contributed by atoms with Crippen LogP contribution in [0.1, 0.15) is 17.0 Å². The normalized spacial score (nSPS) is 11.7. The molecule has 5 aromatic rings. The lowest BCUT2D eigenvalue weighted by Crippen LogP contribution is -2.24. The molecule has 0 aliphatic carbocycles. The molecule has 0 saturated carbocycles. The van der Waals surface area contributed by atoms with Crippen molar-refractivity contribution in [1.29, 1.82) is 0 Å². The topological polar surface area (TPSA) is 73.8 Å². The summed E-state index contributed by atoms with van der Waals surface area (Å²) >= 11 is 1.24. The molecule has 0 radical (unpaired) electrons. The minimum absolute atomic E-state index is 0.0554. The largest absolute Gasteiger partial charge is 0.416 e. The van der Waals surface area contributed by atoms with Crippen LogP contribution in [-0.2, 0) is 18.5 Å². The molecule has 0 amide bonds. The quantitative estimate of drug-likeness (QED) is 0.219. The molecule has 0 fully saturated rings. The van der Waals surface area contributed by atoms with E-state index in [2.05, 4.69) is 15.1 Å². The molecule has 0 atom stereocenters. The highest BCUT2D eigenvalue weighted by molar-refractivity contribution is 7.98. The minimum Gasteiger partial charge on any atom is -0.338 e. The van der Waals surface area contributed by atoms with Gasteiger partial charge in [-0.3, -0.25) is 9.36 Å². The maximum Gasteiger partial charge on any atom is 0.416 e. The van der Waals surface area contributed by atoms with Crippen LogP contribution in [-0.4, -0.2) is 19.7 Å². The summed E-state index contributed by atoms with van der Waals surface area (Å²) in [7, 11) is 0. The smallest absolute Gasteiger partial charge is 0.338 e. The van der Waals surface area contributed by atoms with E-state index in [-0.39, 0.29) is 28.6 Å². The van der Waals surface area contributed by atoms with Crippen LogP contribution < -0.4 is 5.56 Å². The van der Waals surface area contributed by atoms with Gasteiger partial charge in [-0.15, -0.1) is 0 Å². The first kappa shape index (κ1) is 22.9. The number of rotatable bonds is 6. The average molecular weight is 494 g/mol. The third kappa shape index (κ3) is 4.97. The lowest BCUT2D eigenvalue weighted by molar-refractivity contribution is -0.137. The van der Waals surface area contributed by atoms with Crippen molar-refractivity contribution in [2.24, 2.45) is 0 Å². The number of para-hydroxylation sites is 1. The van der Waals surface area contributed by atoms with Crippen molar-refractivity contribution < 1.29 is 17.7 Å². The second-order valence-electron chi connectivity index (χ2n) is 7.67. The van der Waals surface area contributed by atoms with Crippen molar-refractivity contribution in [2.45, 2.75) is 23.6 Å². The van der Waals surface area contributed by atoms with Crippen molar-refractivity contribution in [3.63, 3.8) is 0 Å². The van der Waals surface area contributed by atoms with Gasteiger partial charge < -0.3 is 4.52 Å². The first-order valence-electron chi connectivity index (χ1n) is 10.5. The lowest BCUT2D eigenvalue weighted by atomic mass is 10.1. The van der Waals surface area contributed by atoms with Gasteiger partial charge in [-0.1, -0.05) is 71.5 Å². The average Bonchev–Trinajstić information content (AvgIpc) is 3.34. The number of fused-ring (bicyclic) bond motifs is 1. The Balaban J connectivity index is 1.43. The summed E-state index contributed by atoms with van der Waals surface area (Å²) < 4.78 is 46.0. The van der Waals surface area contributed by atoms with E-state index in [9.17, 15) is 18.0 Å². The minimum atomic E-state index is -4.47. The van der Waals surface area contributed by atoms with Crippen molar-refractivity contribution in [3.8, 4) is 11.4 Å². The third-order valence-corrected chi connectivity index (χ3v) is 6.21. The summed E-state index contributed by atoms with van der Waals surface area (Å²) in [6.07, 6.45) is -4.47. The zero-order chi connectivity index (χ0) is 24.4. The van der Waals surface area contributed by atoms with Crippen molar-refractivity contribution in [3.05, 3.63) is 106 Å². The number of aromatic nitrogens is 4. The number of hydrogen-bond acceptors (Lipinski definition) is 6. The van der Waals surface area contributed by atoms with E-state index in [4.69, 9.17) is 4.52 Å². The lowest BCUT2D eigenvalue weighted by Gasteiger charge is -2.12. The third-order valence-electron chi connectivity index (χ3n) is 5.25. The predicted molar refractivity (Wildman–Crippen MR) is 126 cm³/mol. The molecular formula is C25H17F3N4O2S. The fourth-order valence-electron chi connectivity index (χ4n) is 3.55. The number of halogens is 3. The second kappa shape index (κ2) is 9.38. The standard InChI is InChI=1S/C25H17F3N4O2S/c26-25(27,28)18-10-6-9-17(13-18)22-30-21(34-31-22)15-35-24-29-20-12-5-4-11-19(20)23(33)32(24)14-16-7-2-1-3-8-16/h1-13H,14-15H2. The highest BCUT2D eigenvalue weighted by Gasteiger charge is 2.30. The van der Waals surface area contributed by atoms with Gasteiger partial charge in [0.05, 0.1) is 28.8 Å². The van der Waals surface area contributed by atoms with Gasteiger partial charge in [0.15, 0.2) is 5.16 Å². The SMILES string of the molecule is O=c1c2ccccc2nc(SCc2nc(-c3cccc(C(F)(F)F)c3)no2)n1Cc1ccccc1. The molecule has 0 saturated heterocycles. The van der Waals surface area contributed by atoms with E-state index in [0.29, 0.717) is 22.6 Å². The number of nitrogens with zero attached hydrogens (tertiary/aromatic N) is 4. The Bertz CT molecular complexity index is 1550.